The Morgan fingerprint density at radius 1 is 0.872 bits per heavy atom. The number of anilines is 1. The van der Waals surface area contributed by atoms with E-state index in [-0.39, 0.29) is 11.9 Å². The Kier molecular flexibility index (Phi) is 9.15. The lowest BCUT2D eigenvalue weighted by Gasteiger charge is -2.26. The predicted molar refractivity (Wildman–Crippen MR) is 166 cm³/mol. The van der Waals surface area contributed by atoms with Crippen LogP contribution in [0.5, 0.6) is 0 Å². The molecular weight excluding hydrogens is 496 g/mol. The van der Waals surface area contributed by atoms with Crippen molar-refractivity contribution in [3.05, 3.63) is 101 Å². The largest absolute Gasteiger partial charge is 0.357 e. The molecule has 1 atom stereocenters. The first-order valence-corrected chi connectivity index (χ1v) is 15.4. The molecule has 0 aliphatic carbocycles. The molecule has 1 aliphatic heterocycles. The molecule has 0 bridgehead atoms. The Hall–Kier alpha value is -3.37. The summed E-state index contributed by atoms with van der Waals surface area (Å²) < 4.78 is 0. The first-order chi connectivity index (χ1) is 19.2. The zero-order chi connectivity index (χ0) is 27.0. The fourth-order valence-corrected chi connectivity index (χ4v) is 6.72. The number of carbonyl (C=O) groups excluding carboxylic acids is 1. The molecular formula is C35H40N2OS. The Labute approximate surface area is 237 Å². The molecule has 0 saturated carbocycles. The van der Waals surface area contributed by atoms with E-state index in [0.717, 1.165) is 12.1 Å². The van der Waals surface area contributed by atoms with Gasteiger partial charge in [0.1, 0.15) is 6.04 Å². The van der Waals surface area contributed by atoms with Gasteiger partial charge >= 0.3 is 0 Å². The van der Waals surface area contributed by atoms with Crippen LogP contribution in [0.2, 0.25) is 0 Å². The van der Waals surface area contributed by atoms with E-state index in [1.54, 1.807) is 7.05 Å². The highest BCUT2D eigenvalue weighted by atomic mass is 32.1. The highest BCUT2D eigenvalue weighted by Gasteiger charge is 2.33. The summed E-state index contributed by atoms with van der Waals surface area (Å²) in [5.74, 6) is 0.0732. The molecule has 0 radical (unpaired) electrons. The first-order valence-electron chi connectivity index (χ1n) is 14.5. The standard InChI is InChI=1S/C35H40N2OS/c1-3-4-5-6-7-8-12-28-21-22-39-34(28)31-15-11-14-29(23-31)27-19-17-26(18-20-27)25-37-32-16-10-9-13-30(32)24-33(37)35(38)36-2/h9-11,13-23,33H,3-8,12,24-25H2,1-2H3,(H,36,38)/t33-/m1/s1. The van der Waals surface area contributed by atoms with Crippen LogP contribution >= 0.6 is 11.3 Å². The maximum Gasteiger partial charge on any atom is 0.242 e. The quantitative estimate of drug-likeness (QED) is 0.184. The van der Waals surface area contributed by atoms with Crippen molar-refractivity contribution in [2.75, 3.05) is 11.9 Å². The molecule has 0 unspecified atom stereocenters. The van der Waals surface area contributed by atoms with E-state index < -0.39 is 0 Å². The fourth-order valence-electron chi connectivity index (χ4n) is 5.77. The molecule has 202 valence electrons. The Balaban J connectivity index is 1.28. The third-order valence-electron chi connectivity index (χ3n) is 7.95. The fraction of sp³-hybridized carbons (Fsp3) is 0.343. The number of nitrogens with one attached hydrogen (secondary N) is 1. The van der Waals surface area contributed by atoms with Crippen LogP contribution in [0.3, 0.4) is 0 Å². The lowest BCUT2D eigenvalue weighted by atomic mass is 9.98. The number of hydrogen-bond donors (Lipinski definition) is 1. The van der Waals surface area contributed by atoms with E-state index in [9.17, 15) is 4.79 Å². The summed E-state index contributed by atoms with van der Waals surface area (Å²) in [4.78, 5) is 16.3. The number of para-hydroxylation sites is 1. The Morgan fingerprint density at radius 2 is 1.64 bits per heavy atom. The SMILES string of the molecule is CCCCCCCCc1ccsc1-c1cccc(-c2ccc(CN3c4ccccc4C[C@@H]3C(=O)NC)cc2)c1. The molecule has 3 aromatic carbocycles. The first kappa shape index (κ1) is 27.2. The molecule has 2 heterocycles. The lowest BCUT2D eigenvalue weighted by molar-refractivity contribution is -0.121. The van der Waals surface area contributed by atoms with Gasteiger partial charge in [0.05, 0.1) is 0 Å². The van der Waals surface area contributed by atoms with Gasteiger partial charge in [-0.1, -0.05) is 99.7 Å². The molecule has 3 nitrogen and oxygen atoms in total. The van der Waals surface area contributed by atoms with Gasteiger partial charge in [0, 0.05) is 30.6 Å². The molecule has 4 heteroatoms. The third kappa shape index (κ3) is 6.45. The number of carbonyl (C=O) groups is 1. The van der Waals surface area contributed by atoms with Crippen molar-refractivity contribution in [3.8, 4) is 21.6 Å². The zero-order valence-electron chi connectivity index (χ0n) is 23.3. The molecule has 1 aromatic heterocycles. The monoisotopic (exact) mass is 536 g/mol. The number of amides is 1. The molecule has 0 spiro atoms. The summed E-state index contributed by atoms with van der Waals surface area (Å²) >= 11 is 1.86. The lowest BCUT2D eigenvalue weighted by Crippen LogP contribution is -2.43. The molecule has 4 aromatic rings. The highest BCUT2D eigenvalue weighted by molar-refractivity contribution is 7.13. The van der Waals surface area contributed by atoms with Crippen LogP contribution in [-0.4, -0.2) is 19.0 Å². The molecule has 0 saturated heterocycles. The van der Waals surface area contributed by atoms with Crippen LogP contribution in [0.25, 0.3) is 21.6 Å². The summed E-state index contributed by atoms with van der Waals surface area (Å²) in [6, 6.07) is 28.3. The van der Waals surface area contributed by atoms with Gasteiger partial charge in [-0.3, -0.25) is 4.79 Å². The molecule has 5 rings (SSSR count). The number of likely N-dealkylation sites (N-methyl/N-ethyl adjacent to an activating group) is 1. The summed E-state index contributed by atoms with van der Waals surface area (Å²) in [5, 5.41) is 5.09. The van der Waals surface area contributed by atoms with Crippen molar-refractivity contribution < 1.29 is 4.79 Å². The van der Waals surface area contributed by atoms with Gasteiger partial charge in [0.15, 0.2) is 0 Å². The summed E-state index contributed by atoms with van der Waals surface area (Å²) in [6.07, 6.45) is 9.92. The zero-order valence-corrected chi connectivity index (χ0v) is 24.1. The van der Waals surface area contributed by atoms with Crippen LogP contribution in [-0.2, 0) is 24.2 Å². The number of rotatable bonds is 12. The van der Waals surface area contributed by atoms with Crippen molar-refractivity contribution in [1.82, 2.24) is 5.32 Å². The number of fused-ring (bicyclic) bond motifs is 1. The van der Waals surface area contributed by atoms with Crippen molar-refractivity contribution in [1.29, 1.82) is 0 Å². The van der Waals surface area contributed by atoms with Crippen molar-refractivity contribution in [2.24, 2.45) is 0 Å². The number of benzene rings is 3. The van der Waals surface area contributed by atoms with Gasteiger partial charge in [0.25, 0.3) is 0 Å². The molecule has 1 amide bonds. The number of unbranched alkanes of at least 4 members (excludes halogenated alkanes) is 5. The van der Waals surface area contributed by atoms with Gasteiger partial charge in [0.2, 0.25) is 5.91 Å². The van der Waals surface area contributed by atoms with Gasteiger partial charge in [-0.25, -0.2) is 0 Å². The van der Waals surface area contributed by atoms with Crippen LogP contribution in [0, 0.1) is 0 Å². The summed E-state index contributed by atoms with van der Waals surface area (Å²) in [6.45, 7) is 2.99. The van der Waals surface area contributed by atoms with E-state index in [2.05, 4.69) is 101 Å². The molecule has 1 aliphatic rings. The number of nitrogens with zero attached hydrogens (tertiary/aromatic N) is 1. The number of hydrogen-bond acceptors (Lipinski definition) is 3. The van der Waals surface area contributed by atoms with E-state index in [0.29, 0.717) is 6.54 Å². The van der Waals surface area contributed by atoms with Crippen LogP contribution in [0.1, 0.15) is 62.1 Å². The average Bonchev–Trinajstić information content (AvgIpc) is 3.60. The highest BCUT2D eigenvalue weighted by Crippen LogP contribution is 2.35. The van der Waals surface area contributed by atoms with Crippen molar-refractivity contribution >= 4 is 22.9 Å². The topological polar surface area (TPSA) is 32.3 Å². The van der Waals surface area contributed by atoms with E-state index in [1.165, 1.54) is 83.2 Å². The second-order valence-corrected chi connectivity index (χ2v) is 11.6. The van der Waals surface area contributed by atoms with Crippen LogP contribution in [0.15, 0.2) is 84.2 Å². The summed E-state index contributed by atoms with van der Waals surface area (Å²) in [5.41, 5.74) is 8.88. The second-order valence-electron chi connectivity index (χ2n) is 10.7. The summed E-state index contributed by atoms with van der Waals surface area (Å²) in [7, 11) is 1.72. The van der Waals surface area contributed by atoms with E-state index in [4.69, 9.17) is 0 Å². The molecule has 39 heavy (non-hydrogen) atoms. The minimum atomic E-state index is -0.167. The molecule has 1 N–H and O–H groups in total. The van der Waals surface area contributed by atoms with Crippen molar-refractivity contribution in [3.63, 3.8) is 0 Å². The number of thiophene rings is 1. The van der Waals surface area contributed by atoms with Gasteiger partial charge in [-0.15, -0.1) is 11.3 Å². The minimum Gasteiger partial charge on any atom is -0.357 e. The maximum atomic E-state index is 12.6. The van der Waals surface area contributed by atoms with Crippen molar-refractivity contribution in [2.45, 2.75) is 70.9 Å². The molecule has 0 fully saturated rings. The third-order valence-corrected chi connectivity index (χ3v) is 8.96. The smallest absolute Gasteiger partial charge is 0.242 e. The van der Waals surface area contributed by atoms with Crippen LogP contribution < -0.4 is 10.2 Å². The Morgan fingerprint density at radius 3 is 2.46 bits per heavy atom. The average molecular weight is 537 g/mol. The Bertz CT molecular complexity index is 1370. The van der Waals surface area contributed by atoms with Gasteiger partial charge in [-0.05, 0) is 69.8 Å². The maximum absolute atomic E-state index is 12.6. The minimum absolute atomic E-state index is 0.0732. The van der Waals surface area contributed by atoms with E-state index in [1.807, 2.05) is 11.3 Å². The van der Waals surface area contributed by atoms with E-state index >= 15 is 0 Å². The van der Waals surface area contributed by atoms with Gasteiger partial charge in [-0.2, -0.15) is 0 Å². The second kappa shape index (κ2) is 13.1. The van der Waals surface area contributed by atoms with Crippen LogP contribution in [0.4, 0.5) is 5.69 Å². The van der Waals surface area contributed by atoms with Gasteiger partial charge < -0.3 is 10.2 Å². The number of aryl methyl sites for hydroxylation is 1. The predicted octanol–water partition coefficient (Wildman–Crippen LogP) is 8.66. The normalized spacial score (nSPS) is 14.4.